The lowest BCUT2D eigenvalue weighted by atomic mass is 9.96. The van der Waals surface area contributed by atoms with Gasteiger partial charge in [-0.15, -0.1) is 0 Å². The highest BCUT2D eigenvalue weighted by Crippen LogP contribution is 2.42. The number of methoxy groups -OCH3 is 2. The molecule has 2 aromatic rings. The molecule has 6 heteroatoms. The second-order valence-corrected chi connectivity index (χ2v) is 4.85. The summed E-state index contributed by atoms with van der Waals surface area (Å²) < 4.78 is 29.7. The molecule has 0 amide bonds. The molecule has 0 unspecified atom stereocenters. The van der Waals surface area contributed by atoms with E-state index in [0.29, 0.717) is 28.3 Å². The molecule has 0 bridgehead atoms. The molecule has 0 atom stereocenters. The number of nitrogens with zero attached hydrogens (tertiary/aromatic N) is 1. The van der Waals surface area contributed by atoms with E-state index in [1.165, 1.54) is 28.1 Å². The molecule has 0 fully saturated rings. The van der Waals surface area contributed by atoms with Gasteiger partial charge in [-0.2, -0.15) is 0 Å². The van der Waals surface area contributed by atoms with E-state index >= 15 is 0 Å². The van der Waals surface area contributed by atoms with Gasteiger partial charge in [0.1, 0.15) is 11.4 Å². The van der Waals surface area contributed by atoms with E-state index in [0.717, 1.165) is 0 Å². The summed E-state index contributed by atoms with van der Waals surface area (Å²) in [6.45, 7) is 2.93. The zero-order valence-corrected chi connectivity index (χ0v) is 11.9. The van der Waals surface area contributed by atoms with E-state index < -0.39 is 5.67 Å². The van der Waals surface area contributed by atoms with Gasteiger partial charge in [-0.05, 0) is 31.5 Å². The van der Waals surface area contributed by atoms with Gasteiger partial charge < -0.3 is 19.7 Å². The number of rotatable bonds is 4. The second kappa shape index (κ2) is 5.03. The van der Waals surface area contributed by atoms with Crippen LogP contribution in [0.1, 0.15) is 19.4 Å². The first-order chi connectivity index (χ1) is 9.36. The highest BCUT2D eigenvalue weighted by Gasteiger charge is 2.25. The fourth-order valence-electron chi connectivity index (χ4n) is 1.91. The Morgan fingerprint density at radius 3 is 2.35 bits per heavy atom. The predicted molar refractivity (Wildman–Crippen MR) is 73.6 cm³/mol. The summed E-state index contributed by atoms with van der Waals surface area (Å²) in [6, 6.07) is 4.80. The molecule has 2 N–H and O–H groups in total. The highest BCUT2D eigenvalue weighted by molar-refractivity contribution is 5.73. The first kappa shape index (κ1) is 14.2. The van der Waals surface area contributed by atoms with Crippen LogP contribution in [0.3, 0.4) is 0 Å². The van der Waals surface area contributed by atoms with Crippen LogP contribution in [0, 0.1) is 0 Å². The van der Waals surface area contributed by atoms with E-state index in [9.17, 15) is 4.39 Å². The predicted octanol–water partition coefficient (Wildman–Crippen LogP) is 3.15. The summed E-state index contributed by atoms with van der Waals surface area (Å²) in [6.07, 6.45) is 0. The van der Waals surface area contributed by atoms with Gasteiger partial charge in [-0.3, -0.25) is 0 Å². The fourth-order valence-corrected chi connectivity index (χ4v) is 1.91. The maximum Gasteiger partial charge on any atom is 0.222 e. The molecule has 0 aliphatic carbocycles. The van der Waals surface area contributed by atoms with E-state index in [2.05, 4.69) is 5.16 Å². The molecule has 0 aliphatic heterocycles. The average Bonchev–Trinajstić information content (AvgIpc) is 2.82. The topological polar surface area (TPSA) is 70.5 Å². The Kier molecular flexibility index (Phi) is 3.57. The van der Waals surface area contributed by atoms with Crippen molar-refractivity contribution in [2.45, 2.75) is 19.5 Å². The summed E-state index contributed by atoms with van der Waals surface area (Å²) in [7, 11) is 3.00. The number of hydrogen-bond donors (Lipinski definition) is 1. The number of nitrogen functional groups attached to an aromatic ring is 1. The Morgan fingerprint density at radius 2 is 1.90 bits per heavy atom. The van der Waals surface area contributed by atoms with Crippen molar-refractivity contribution in [3.63, 3.8) is 0 Å². The minimum absolute atomic E-state index is 0.172. The number of alkyl halides is 1. The Bertz CT molecular complexity index is 617. The smallest absolute Gasteiger partial charge is 0.222 e. The molecule has 0 saturated heterocycles. The van der Waals surface area contributed by atoms with Crippen LogP contribution in [0.4, 0.5) is 10.3 Å². The van der Waals surface area contributed by atoms with Gasteiger partial charge in [0.05, 0.1) is 19.8 Å². The summed E-state index contributed by atoms with van der Waals surface area (Å²) in [5, 5.41) is 3.84. The third kappa shape index (κ3) is 2.54. The van der Waals surface area contributed by atoms with Crippen molar-refractivity contribution < 1.29 is 18.4 Å². The van der Waals surface area contributed by atoms with Crippen LogP contribution >= 0.6 is 0 Å². The van der Waals surface area contributed by atoms with Gasteiger partial charge in [0, 0.05) is 6.07 Å². The zero-order valence-electron chi connectivity index (χ0n) is 11.9. The third-order valence-corrected chi connectivity index (χ3v) is 2.97. The minimum atomic E-state index is -1.52. The summed E-state index contributed by atoms with van der Waals surface area (Å²) in [5.74, 6) is 1.05. The molecule has 1 aromatic heterocycles. The van der Waals surface area contributed by atoms with Crippen molar-refractivity contribution in [3.05, 3.63) is 23.8 Å². The summed E-state index contributed by atoms with van der Waals surface area (Å²) in [4.78, 5) is 0. The highest BCUT2D eigenvalue weighted by atomic mass is 19.1. The number of ether oxygens (including phenoxy) is 2. The fraction of sp³-hybridized carbons (Fsp3) is 0.357. The molecular weight excluding hydrogens is 263 g/mol. The third-order valence-electron chi connectivity index (χ3n) is 2.97. The van der Waals surface area contributed by atoms with Crippen LogP contribution in [0.15, 0.2) is 22.7 Å². The number of nitrogens with two attached hydrogens (primary N) is 1. The zero-order chi connectivity index (χ0) is 14.9. The summed E-state index contributed by atoms with van der Waals surface area (Å²) in [5.41, 5.74) is 5.48. The quantitative estimate of drug-likeness (QED) is 0.931. The molecule has 0 saturated carbocycles. The van der Waals surface area contributed by atoms with Crippen LogP contribution in [0.25, 0.3) is 11.3 Å². The lowest BCUT2D eigenvalue weighted by Crippen LogP contribution is -2.10. The monoisotopic (exact) mass is 280 g/mol. The second-order valence-electron chi connectivity index (χ2n) is 4.85. The Balaban J connectivity index is 2.69. The molecule has 1 heterocycles. The van der Waals surface area contributed by atoms with Crippen molar-refractivity contribution in [1.82, 2.24) is 5.16 Å². The number of halogens is 1. The Hall–Kier alpha value is -2.24. The van der Waals surface area contributed by atoms with Gasteiger partial charge in [-0.1, -0.05) is 5.16 Å². The number of hydrogen-bond acceptors (Lipinski definition) is 5. The lowest BCUT2D eigenvalue weighted by Gasteiger charge is -2.19. The van der Waals surface area contributed by atoms with Crippen molar-refractivity contribution in [1.29, 1.82) is 0 Å². The number of benzene rings is 1. The molecule has 5 nitrogen and oxygen atoms in total. The molecule has 2 rings (SSSR count). The molecular formula is C14H17FN2O3. The van der Waals surface area contributed by atoms with Crippen molar-refractivity contribution in [2.75, 3.05) is 20.0 Å². The van der Waals surface area contributed by atoms with Crippen molar-refractivity contribution in [2.24, 2.45) is 0 Å². The Morgan fingerprint density at radius 1 is 1.20 bits per heavy atom. The first-order valence-corrected chi connectivity index (χ1v) is 6.04. The van der Waals surface area contributed by atoms with Gasteiger partial charge in [0.25, 0.3) is 0 Å². The molecule has 0 radical (unpaired) electrons. The molecule has 0 spiro atoms. The largest absolute Gasteiger partial charge is 0.493 e. The number of aromatic nitrogens is 1. The summed E-state index contributed by atoms with van der Waals surface area (Å²) >= 11 is 0. The molecule has 0 aliphatic rings. The van der Waals surface area contributed by atoms with Crippen LogP contribution < -0.4 is 15.2 Å². The van der Waals surface area contributed by atoms with Crippen LogP contribution in [0.5, 0.6) is 11.5 Å². The van der Waals surface area contributed by atoms with E-state index in [1.807, 2.05) is 0 Å². The van der Waals surface area contributed by atoms with Gasteiger partial charge >= 0.3 is 0 Å². The van der Waals surface area contributed by atoms with Gasteiger partial charge in [-0.25, -0.2) is 4.39 Å². The van der Waals surface area contributed by atoms with Gasteiger partial charge in [0.2, 0.25) is 5.88 Å². The molecule has 20 heavy (non-hydrogen) atoms. The van der Waals surface area contributed by atoms with Gasteiger partial charge in [0.15, 0.2) is 11.5 Å². The normalized spacial score (nSPS) is 11.4. The Labute approximate surface area is 116 Å². The lowest BCUT2D eigenvalue weighted by molar-refractivity contribution is 0.220. The average molecular weight is 280 g/mol. The standard InChI is InChI=1S/C14H17FN2O3/c1-14(2,15)8-5-9(10-7-12(16)20-17-10)13(19-4)11(6-8)18-3/h5-7H,16H2,1-4H3. The first-order valence-electron chi connectivity index (χ1n) is 6.04. The van der Waals surface area contributed by atoms with E-state index in [4.69, 9.17) is 19.7 Å². The van der Waals surface area contributed by atoms with Crippen LogP contribution in [-0.2, 0) is 5.67 Å². The minimum Gasteiger partial charge on any atom is -0.493 e. The maximum atomic E-state index is 14.2. The SMILES string of the molecule is COc1cc(C(C)(C)F)cc(-c2cc(N)on2)c1OC. The van der Waals surface area contributed by atoms with Crippen LogP contribution in [-0.4, -0.2) is 19.4 Å². The van der Waals surface area contributed by atoms with Crippen molar-refractivity contribution in [3.8, 4) is 22.8 Å². The van der Waals surface area contributed by atoms with Crippen molar-refractivity contribution >= 4 is 5.88 Å². The van der Waals surface area contributed by atoms with E-state index in [1.54, 1.807) is 18.2 Å². The van der Waals surface area contributed by atoms with Crippen LogP contribution in [0.2, 0.25) is 0 Å². The maximum absolute atomic E-state index is 14.2. The number of anilines is 1. The molecule has 108 valence electrons. The van der Waals surface area contributed by atoms with E-state index in [-0.39, 0.29) is 5.88 Å². The molecule has 1 aromatic carbocycles.